The first-order valence-electron chi connectivity index (χ1n) is 6.90. The van der Waals surface area contributed by atoms with Gasteiger partial charge < -0.3 is 16.0 Å². The van der Waals surface area contributed by atoms with Gasteiger partial charge in [0.15, 0.2) is 0 Å². The molecule has 126 valence electrons. The Morgan fingerprint density at radius 2 is 1.96 bits per heavy atom. The number of halogens is 3. The first-order chi connectivity index (χ1) is 10.7. The lowest BCUT2D eigenvalue weighted by molar-refractivity contribution is -0.137. The van der Waals surface area contributed by atoms with E-state index in [2.05, 4.69) is 16.0 Å². The lowest BCUT2D eigenvalue weighted by atomic mass is 10.2. The van der Waals surface area contributed by atoms with Crippen molar-refractivity contribution in [3.63, 3.8) is 0 Å². The van der Waals surface area contributed by atoms with E-state index in [1.807, 2.05) is 6.92 Å². The Morgan fingerprint density at radius 1 is 1.30 bits per heavy atom. The minimum Gasteiger partial charge on any atom is -0.336 e. The molecule has 0 spiro atoms. The van der Waals surface area contributed by atoms with Gasteiger partial charge in [-0.05, 0) is 37.6 Å². The summed E-state index contributed by atoms with van der Waals surface area (Å²) in [6.45, 7) is 1.87. The third-order valence-corrected chi connectivity index (χ3v) is 4.29. The molecule has 2 atom stereocenters. The van der Waals surface area contributed by atoms with Crippen LogP contribution in [-0.2, 0) is 11.0 Å². The molecule has 1 aliphatic heterocycles. The van der Waals surface area contributed by atoms with Crippen molar-refractivity contribution >= 4 is 29.4 Å². The summed E-state index contributed by atoms with van der Waals surface area (Å²) < 4.78 is 37.3. The molecule has 0 bridgehead atoms. The Morgan fingerprint density at radius 3 is 2.52 bits per heavy atom. The Kier molecular flexibility index (Phi) is 5.40. The molecule has 3 N–H and O–H groups in total. The Hall–Kier alpha value is -1.90. The second kappa shape index (κ2) is 7.12. The van der Waals surface area contributed by atoms with E-state index in [9.17, 15) is 22.8 Å². The molecule has 1 saturated heterocycles. The van der Waals surface area contributed by atoms with E-state index in [1.165, 1.54) is 23.9 Å². The monoisotopic (exact) mass is 347 g/mol. The predicted molar refractivity (Wildman–Crippen MR) is 82.1 cm³/mol. The molecule has 0 aromatic heterocycles. The standard InChI is InChI=1S/C14H16F3N3O2S/c1-8-6-12(20-13(22)18-8)23-7-11(21)19-10-4-2-9(3-5-10)14(15,16)17/h2-5,8,12H,6-7H2,1H3,(H,19,21)(H2,18,20,22). The minimum absolute atomic E-state index is 0.0271. The zero-order valence-electron chi connectivity index (χ0n) is 12.2. The van der Waals surface area contributed by atoms with Gasteiger partial charge in [-0.15, -0.1) is 11.8 Å². The van der Waals surface area contributed by atoms with Crippen LogP contribution in [0.2, 0.25) is 0 Å². The van der Waals surface area contributed by atoms with Gasteiger partial charge in [0.25, 0.3) is 0 Å². The number of nitrogens with one attached hydrogen (secondary N) is 3. The summed E-state index contributed by atoms with van der Waals surface area (Å²) in [6, 6.07) is 4.00. The van der Waals surface area contributed by atoms with Gasteiger partial charge in [0.2, 0.25) is 5.91 Å². The number of rotatable bonds is 4. The van der Waals surface area contributed by atoms with E-state index in [1.54, 1.807) is 0 Å². The molecule has 1 aliphatic rings. The van der Waals surface area contributed by atoms with Crippen LogP contribution >= 0.6 is 11.8 Å². The van der Waals surface area contributed by atoms with Gasteiger partial charge in [-0.3, -0.25) is 4.79 Å². The van der Waals surface area contributed by atoms with E-state index in [0.717, 1.165) is 12.1 Å². The lowest BCUT2D eigenvalue weighted by Crippen LogP contribution is -2.52. The zero-order valence-corrected chi connectivity index (χ0v) is 13.1. The largest absolute Gasteiger partial charge is 0.416 e. The van der Waals surface area contributed by atoms with Gasteiger partial charge in [0, 0.05) is 11.7 Å². The van der Waals surface area contributed by atoms with Crippen LogP contribution in [-0.4, -0.2) is 29.1 Å². The highest BCUT2D eigenvalue weighted by atomic mass is 32.2. The molecule has 2 unspecified atom stereocenters. The van der Waals surface area contributed by atoms with Gasteiger partial charge >= 0.3 is 12.2 Å². The second-order valence-corrected chi connectivity index (χ2v) is 6.37. The predicted octanol–water partition coefficient (Wildman–Crippen LogP) is 2.79. The number of benzene rings is 1. The van der Waals surface area contributed by atoms with Crippen molar-refractivity contribution in [2.45, 2.75) is 30.9 Å². The topological polar surface area (TPSA) is 70.2 Å². The van der Waals surface area contributed by atoms with Crippen molar-refractivity contribution in [3.8, 4) is 0 Å². The van der Waals surface area contributed by atoms with Crippen LogP contribution in [0.4, 0.5) is 23.7 Å². The molecule has 9 heteroatoms. The maximum absolute atomic E-state index is 12.4. The highest BCUT2D eigenvalue weighted by Crippen LogP contribution is 2.29. The van der Waals surface area contributed by atoms with Gasteiger partial charge in [-0.2, -0.15) is 13.2 Å². The number of alkyl halides is 3. The van der Waals surface area contributed by atoms with Crippen LogP contribution in [0, 0.1) is 0 Å². The summed E-state index contributed by atoms with van der Waals surface area (Å²) >= 11 is 1.28. The van der Waals surface area contributed by atoms with Crippen molar-refractivity contribution < 1.29 is 22.8 Å². The van der Waals surface area contributed by atoms with E-state index >= 15 is 0 Å². The molecule has 0 radical (unpaired) electrons. The number of thioether (sulfide) groups is 1. The van der Waals surface area contributed by atoms with Crippen LogP contribution in [0.25, 0.3) is 0 Å². The number of anilines is 1. The first kappa shape index (κ1) is 17.5. The van der Waals surface area contributed by atoms with E-state index in [-0.39, 0.29) is 29.1 Å². The lowest BCUT2D eigenvalue weighted by Gasteiger charge is -2.28. The number of hydrogen-bond donors (Lipinski definition) is 3. The summed E-state index contributed by atoms with van der Waals surface area (Å²) in [5.41, 5.74) is -0.470. The number of amides is 3. The summed E-state index contributed by atoms with van der Waals surface area (Å²) in [7, 11) is 0. The average molecular weight is 347 g/mol. The molecule has 1 heterocycles. The zero-order chi connectivity index (χ0) is 17.0. The third kappa shape index (κ3) is 5.34. The van der Waals surface area contributed by atoms with Crippen LogP contribution in [0.1, 0.15) is 18.9 Å². The van der Waals surface area contributed by atoms with Crippen molar-refractivity contribution in [1.82, 2.24) is 10.6 Å². The van der Waals surface area contributed by atoms with E-state index < -0.39 is 11.7 Å². The minimum atomic E-state index is -4.40. The summed E-state index contributed by atoms with van der Waals surface area (Å²) in [5.74, 6) is -0.242. The average Bonchev–Trinajstić information content (AvgIpc) is 2.44. The van der Waals surface area contributed by atoms with Crippen LogP contribution in [0.15, 0.2) is 24.3 Å². The second-order valence-electron chi connectivity index (χ2n) is 5.18. The van der Waals surface area contributed by atoms with Crippen LogP contribution < -0.4 is 16.0 Å². The summed E-state index contributed by atoms with van der Waals surface area (Å²) in [6.07, 6.45) is -3.72. The van der Waals surface area contributed by atoms with Crippen molar-refractivity contribution in [2.75, 3.05) is 11.1 Å². The molecule has 5 nitrogen and oxygen atoms in total. The Balaban J connectivity index is 1.82. The van der Waals surface area contributed by atoms with Crippen LogP contribution in [0.5, 0.6) is 0 Å². The highest BCUT2D eigenvalue weighted by Gasteiger charge is 2.30. The normalized spacial score (nSPS) is 21.3. The molecule has 1 fully saturated rings. The summed E-state index contributed by atoms with van der Waals surface area (Å²) in [4.78, 5) is 23.1. The number of hydrogen-bond acceptors (Lipinski definition) is 3. The Labute approximate surface area is 135 Å². The molecule has 1 aromatic rings. The summed E-state index contributed by atoms with van der Waals surface area (Å²) in [5, 5.41) is 7.75. The van der Waals surface area contributed by atoms with Gasteiger partial charge in [0.1, 0.15) is 0 Å². The smallest absolute Gasteiger partial charge is 0.336 e. The molecule has 3 amide bonds. The maximum Gasteiger partial charge on any atom is 0.416 e. The first-order valence-corrected chi connectivity index (χ1v) is 7.94. The Bertz CT molecular complexity index is 578. The van der Waals surface area contributed by atoms with Crippen molar-refractivity contribution in [2.24, 2.45) is 0 Å². The molecule has 2 rings (SSSR count). The third-order valence-electron chi connectivity index (χ3n) is 3.15. The van der Waals surface area contributed by atoms with E-state index in [0.29, 0.717) is 12.1 Å². The number of carbonyl (C=O) groups is 2. The fourth-order valence-corrected chi connectivity index (χ4v) is 3.12. The number of urea groups is 1. The van der Waals surface area contributed by atoms with Gasteiger partial charge in [0.05, 0.1) is 16.7 Å². The fraction of sp³-hybridized carbons (Fsp3) is 0.429. The molecule has 0 aliphatic carbocycles. The molecule has 1 aromatic carbocycles. The van der Waals surface area contributed by atoms with Crippen molar-refractivity contribution in [1.29, 1.82) is 0 Å². The maximum atomic E-state index is 12.4. The quantitative estimate of drug-likeness (QED) is 0.784. The molecular weight excluding hydrogens is 331 g/mol. The van der Waals surface area contributed by atoms with E-state index in [4.69, 9.17) is 0 Å². The van der Waals surface area contributed by atoms with Crippen molar-refractivity contribution in [3.05, 3.63) is 29.8 Å². The van der Waals surface area contributed by atoms with Gasteiger partial charge in [-0.25, -0.2) is 4.79 Å². The molecule has 0 saturated carbocycles. The SMILES string of the molecule is CC1CC(SCC(=O)Nc2ccc(C(F)(F)F)cc2)NC(=O)N1. The fourth-order valence-electron chi connectivity index (χ4n) is 2.08. The molecule has 23 heavy (non-hydrogen) atoms. The van der Waals surface area contributed by atoms with Gasteiger partial charge in [-0.1, -0.05) is 0 Å². The highest BCUT2D eigenvalue weighted by molar-refractivity contribution is 8.00. The van der Waals surface area contributed by atoms with Crippen LogP contribution in [0.3, 0.4) is 0 Å². The molecular formula is C14H16F3N3O2S. The number of carbonyl (C=O) groups excluding carboxylic acids is 2.